The molecule has 0 aromatic carbocycles. The van der Waals surface area contributed by atoms with Gasteiger partial charge < -0.3 is 20.5 Å². The first-order valence-corrected chi connectivity index (χ1v) is 6.18. The lowest BCUT2D eigenvalue weighted by Crippen LogP contribution is -2.14. The van der Waals surface area contributed by atoms with Gasteiger partial charge in [-0.05, 0) is 25.0 Å². The van der Waals surface area contributed by atoms with Gasteiger partial charge in [0, 0.05) is 20.3 Å². The number of ether oxygens (including phenoxy) is 2. The Labute approximate surface area is 112 Å². The standard InChI is InChI=1S/C12H20N4O3/c1-18-8-9-19-7-3-2-6-14-11-5-4-10(12(13)17)15-16-11/h4-5H,2-3,6-9H2,1H3,(H2,13,17)(H,14,16). The maximum Gasteiger partial charge on any atom is 0.269 e. The summed E-state index contributed by atoms with van der Waals surface area (Å²) in [6, 6.07) is 3.23. The molecular weight excluding hydrogens is 248 g/mol. The van der Waals surface area contributed by atoms with Crippen molar-refractivity contribution >= 4 is 11.7 Å². The van der Waals surface area contributed by atoms with Gasteiger partial charge in [0.05, 0.1) is 13.2 Å². The zero-order valence-electron chi connectivity index (χ0n) is 11.1. The third-order valence-electron chi connectivity index (χ3n) is 2.37. The highest BCUT2D eigenvalue weighted by molar-refractivity contribution is 5.90. The highest BCUT2D eigenvalue weighted by atomic mass is 16.5. The molecule has 0 saturated heterocycles. The number of nitrogens with zero attached hydrogens (tertiary/aromatic N) is 2. The number of hydrogen-bond acceptors (Lipinski definition) is 6. The number of carbonyl (C=O) groups is 1. The first-order valence-electron chi connectivity index (χ1n) is 6.18. The molecule has 0 aliphatic rings. The maximum absolute atomic E-state index is 10.8. The summed E-state index contributed by atoms with van der Waals surface area (Å²) in [5.74, 6) is 0.0533. The van der Waals surface area contributed by atoms with E-state index in [9.17, 15) is 4.79 Å². The molecule has 19 heavy (non-hydrogen) atoms. The van der Waals surface area contributed by atoms with Gasteiger partial charge in [-0.2, -0.15) is 0 Å². The van der Waals surface area contributed by atoms with Crippen molar-refractivity contribution in [3.05, 3.63) is 17.8 Å². The lowest BCUT2D eigenvalue weighted by atomic mass is 10.3. The van der Waals surface area contributed by atoms with Gasteiger partial charge >= 0.3 is 0 Å². The molecule has 1 rings (SSSR count). The number of carbonyl (C=O) groups excluding carboxylic acids is 1. The molecule has 1 heterocycles. The summed E-state index contributed by atoms with van der Waals surface area (Å²) < 4.78 is 10.2. The quantitative estimate of drug-likeness (QED) is 0.597. The van der Waals surface area contributed by atoms with Crippen molar-refractivity contribution in [2.45, 2.75) is 12.8 Å². The van der Waals surface area contributed by atoms with Crippen LogP contribution in [0.2, 0.25) is 0 Å². The number of nitrogens with one attached hydrogen (secondary N) is 1. The van der Waals surface area contributed by atoms with E-state index in [0.717, 1.165) is 26.0 Å². The molecule has 0 bridgehead atoms. The van der Waals surface area contributed by atoms with E-state index in [2.05, 4.69) is 15.5 Å². The smallest absolute Gasteiger partial charge is 0.269 e. The van der Waals surface area contributed by atoms with Gasteiger partial charge in [0.15, 0.2) is 5.69 Å². The number of rotatable bonds is 10. The average Bonchev–Trinajstić information content (AvgIpc) is 2.42. The highest BCUT2D eigenvalue weighted by Crippen LogP contribution is 2.02. The number of hydrogen-bond donors (Lipinski definition) is 2. The van der Waals surface area contributed by atoms with Crippen LogP contribution in [-0.4, -0.2) is 49.6 Å². The fourth-order valence-electron chi connectivity index (χ4n) is 1.35. The maximum atomic E-state index is 10.8. The second-order valence-corrected chi connectivity index (χ2v) is 3.91. The van der Waals surface area contributed by atoms with Crippen LogP contribution in [0.25, 0.3) is 0 Å². The molecule has 0 fully saturated rings. The van der Waals surface area contributed by atoms with Crippen LogP contribution >= 0.6 is 0 Å². The van der Waals surface area contributed by atoms with Crippen LogP contribution in [0.15, 0.2) is 12.1 Å². The van der Waals surface area contributed by atoms with Crippen molar-refractivity contribution in [3.63, 3.8) is 0 Å². The number of primary amides is 1. The monoisotopic (exact) mass is 268 g/mol. The van der Waals surface area contributed by atoms with Crippen LogP contribution in [0, 0.1) is 0 Å². The fraction of sp³-hybridized carbons (Fsp3) is 0.583. The minimum absolute atomic E-state index is 0.164. The topological polar surface area (TPSA) is 99.4 Å². The fourth-order valence-corrected chi connectivity index (χ4v) is 1.35. The van der Waals surface area contributed by atoms with Crippen LogP contribution in [0.4, 0.5) is 5.82 Å². The molecule has 106 valence electrons. The average molecular weight is 268 g/mol. The molecular formula is C12H20N4O3. The molecule has 0 radical (unpaired) electrons. The number of nitrogens with two attached hydrogens (primary N) is 1. The second-order valence-electron chi connectivity index (χ2n) is 3.91. The normalized spacial score (nSPS) is 10.4. The number of amides is 1. The van der Waals surface area contributed by atoms with Crippen molar-refractivity contribution in [3.8, 4) is 0 Å². The van der Waals surface area contributed by atoms with Crippen molar-refractivity contribution in [1.82, 2.24) is 10.2 Å². The molecule has 1 amide bonds. The van der Waals surface area contributed by atoms with Crippen molar-refractivity contribution in [1.29, 1.82) is 0 Å². The summed E-state index contributed by atoms with van der Waals surface area (Å²) in [7, 11) is 1.65. The minimum atomic E-state index is -0.577. The van der Waals surface area contributed by atoms with E-state index in [1.165, 1.54) is 0 Å². The zero-order valence-corrected chi connectivity index (χ0v) is 11.1. The lowest BCUT2D eigenvalue weighted by molar-refractivity contribution is 0.0691. The number of anilines is 1. The van der Waals surface area contributed by atoms with Crippen LogP contribution in [0.1, 0.15) is 23.3 Å². The van der Waals surface area contributed by atoms with Gasteiger partial charge in [0.25, 0.3) is 5.91 Å². The molecule has 1 aromatic rings. The second kappa shape index (κ2) is 9.23. The molecule has 0 unspecified atom stereocenters. The van der Waals surface area contributed by atoms with E-state index in [-0.39, 0.29) is 5.69 Å². The Bertz CT molecular complexity index is 370. The number of aromatic nitrogens is 2. The van der Waals surface area contributed by atoms with Crippen molar-refractivity contribution in [2.75, 3.05) is 38.8 Å². The number of methoxy groups -OCH3 is 1. The van der Waals surface area contributed by atoms with Crippen LogP contribution in [0.3, 0.4) is 0 Å². The first kappa shape index (κ1) is 15.3. The molecule has 0 saturated carbocycles. The van der Waals surface area contributed by atoms with Gasteiger partial charge in [0.1, 0.15) is 5.82 Å². The third-order valence-corrected chi connectivity index (χ3v) is 2.37. The van der Waals surface area contributed by atoms with Crippen LogP contribution in [-0.2, 0) is 9.47 Å². The Hall–Kier alpha value is -1.73. The Morgan fingerprint density at radius 2 is 2.11 bits per heavy atom. The summed E-state index contributed by atoms with van der Waals surface area (Å²) >= 11 is 0. The summed E-state index contributed by atoms with van der Waals surface area (Å²) in [6.45, 7) is 2.75. The summed E-state index contributed by atoms with van der Waals surface area (Å²) in [5, 5.41) is 10.7. The van der Waals surface area contributed by atoms with Gasteiger partial charge in [0.2, 0.25) is 0 Å². The van der Waals surface area contributed by atoms with Crippen molar-refractivity contribution < 1.29 is 14.3 Å². The summed E-state index contributed by atoms with van der Waals surface area (Å²) in [6.07, 6.45) is 1.93. The summed E-state index contributed by atoms with van der Waals surface area (Å²) in [5.41, 5.74) is 5.23. The molecule has 0 atom stereocenters. The zero-order chi connectivity index (χ0) is 13.9. The van der Waals surface area contributed by atoms with E-state index in [1.54, 1.807) is 19.2 Å². The predicted octanol–water partition coefficient (Wildman–Crippen LogP) is 0.431. The molecule has 0 aliphatic heterocycles. The Kier molecular flexibility index (Phi) is 7.45. The molecule has 0 spiro atoms. The van der Waals surface area contributed by atoms with E-state index >= 15 is 0 Å². The largest absolute Gasteiger partial charge is 0.382 e. The Balaban J connectivity index is 2.07. The number of unbranched alkanes of at least 4 members (excludes halogenated alkanes) is 1. The SMILES string of the molecule is COCCOCCCCNc1ccc(C(N)=O)nn1. The Morgan fingerprint density at radius 1 is 1.26 bits per heavy atom. The van der Waals surface area contributed by atoms with Crippen LogP contribution in [0.5, 0.6) is 0 Å². The Morgan fingerprint density at radius 3 is 2.74 bits per heavy atom. The van der Waals surface area contributed by atoms with Gasteiger partial charge in [-0.15, -0.1) is 10.2 Å². The van der Waals surface area contributed by atoms with Gasteiger partial charge in [-0.1, -0.05) is 0 Å². The highest BCUT2D eigenvalue weighted by Gasteiger charge is 2.02. The molecule has 1 aromatic heterocycles. The molecule has 0 aliphatic carbocycles. The van der Waals surface area contributed by atoms with Crippen LogP contribution < -0.4 is 11.1 Å². The van der Waals surface area contributed by atoms with Gasteiger partial charge in [-0.3, -0.25) is 4.79 Å². The first-order chi connectivity index (χ1) is 9.24. The molecule has 7 heteroatoms. The van der Waals surface area contributed by atoms with E-state index in [0.29, 0.717) is 19.0 Å². The van der Waals surface area contributed by atoms with E-state index < -0.39 is 5.91 Å². The lowest BCUT2D eigenvalue weighted by Gasteiger charge is -2.05. The molecule has 3 N–H and O–H groups in total. The van der Waals surface area contributed by atoms with E-state index in [1.807, 2.05) is 0 Å². The predicted molar refractivity (Wildman–Crippen MR) is 71.0 cm³/mol. The minimum Gasteiger partial charge on any atom is -0.382 e. The van der Waals surface area contributed by atoms with Gasteiger partial charge in [-0.25, -0.2) is 0 Å². The third kappa shape index (κ3) is 6.68. The van der Waals surface area contributed by atoms with E-state index in [4.69, 9.17) is 15.2 Å². The molecule has 7 nitrogen and oxygen atoms in total. The van der Waals surface area contributed by atoms with Crippen molar-refractivity contribution in [2.24, 2.45) is 5.73 Å². The summed E-state index contributed by atoms with van der Waals surface area (Å²) in [4.78, 5) is 10.8.